The van der Waals surface area contributed by atoms with Crippen LogP contribution in [0.15, 0.2) is 35.8 Å². The number of carbonyl (C=O) groups excluding carboxylic acids is 2. The highest BCUT2D eigenvalue weighted by Crippen LogP contribution is 2.27. The maximum Gasteiger partial charge on any atom is 0.327 e. The van der Waals surface area contributed by atoms with Gasteiger partial charge in [-0.15, -0.1) is 0 Å². The first kappa shape index (κ1) is 19.5. The largest absolute Gasteiger partial charge is 0.480 e. The van der Waals surface area contributed by atoms with E-state index in [0.717, 1.165) is 0 Å². The molecule has 0 aromatic carbocycles. The molecule has 1 aliphatic heterocycles. The highest BCUT2D eigenvalue weighted by Gasteiger charge is 2.44. The molecule has 0 saturated carbocycles. The number of aromatic nitrogens is 1. The number of ketones is 1. The third kappa shape index (κ3) is 3.89. The fourth-order valence-electron chi connectivity index (χ4n) is 2.87. The zero-order chi connectivity index (χ0) is 19.3. The average Bonchev–Trinajstić information content (AvgIpc) is 2.61. The number of carboxylic acid groups (broad SMARTS) is 1. The number of anilines is 1. The number of ether oxygens (including phenoxy) is 1. The SMILES string of the molecule is CCN1C(=O)C(Nc2cccnc2)=C(C(C)=O)C(C(=O)O)N1CCOC. The molecule has 1 unspecified atom stereocenters. The highest BCUT2D eigenvalue weighted by atomic mass is 16.5. The number of amides is 1. The molecule has 0 spiro atoms. The van der Waals surface area contributed by atoms with Gasteiger partial charge in [-0.2, -0.15) is 5.01 Å². The van der Waals surface area contributed by atoms with Gasteiger partial charge in [0.05, 0.1) is 24.1 Å². The predicted octanol–water partition coefficient (Wildman–Crippen LogP) is 0.515. The van der Waals surface area contributed by atoms with Gasteiger partial charge >= 0.3 is 5.97 Å². The minimum atomic E-state index is -1.29. The number of aliphatic carboxylic acids is 1. The van der Waals surface area contributed by atoms with E-state index >= 15 is 0 Å². The van der Waals surface area contributed by atoms with E-state index in [9.17, 15) is 19.5 Å². The summed E-state index contributed by atoms with van der Waals surface area (Å²) in [5.41, 5.74) is 0.348. The summed E-state index contributed by atoms with van der Waals surface area (Å²) in [6, 6.07) is 2.05. The first-order valence-corrected chi connectivity index (χ1v) is 8.14. The lowest BCUT2D eigenvalue weighted by molar-refractivity contribution is -0.164. The van der Waals surface area contributed by atoms with Crippen molar-refractivity contribution in [1.29, 1.82) is 0 Å². The number of nitrogens with zero attached hydrogens (tertiary/aromatic N) is 3. The number of carbonyl (C=O) groups is 3. The van der Waals surface area contributed by atoms with Gasteiger partial charge in [0, 0.05) is 26.4 Å². The molecule has 0 aliphatic carbocycles. The molecule has 140 valence electrons. The lowest BCUT2D eigenvalue weighted by Gasteiger charge is -2.43. The van der Waals surface area contributed by atoms with Gasteiger partial charge in [0.2, 0.25) is 0 Å². The van der Waals surface area contributed by atoms with E-state index < -0.39 is 23.7 Å². The van der Waals surface area contributed by atoms with Gasteiger partial charge in [-0.3, -0.25) is 24.4 Å². The monoisotopic (exact) mass is 362 g/mol. The molecule has 1 amide bonds. The van der Waals surface area contributed by atoms with Crippen molar-refractivity contribution in [3.8, 4) is 0 Å². The van der Waals surface area contributed by atoms with Crippen molar-refractivity contribution in [3.63, 3.8) is 0 Å². The number of carboxylic acids is 1. The Bertz CT molecular complexity index is 719. The second kappa shape index (κ2) is 8.54. The average molecular weight is 362 g/mol. The van der Waals surface area contributed by atoms with E-state index in [4.69, 9.17) is 4.74 Å². The summed E-state index contributed by atoms with van der Waals surface area (Å²) < 4.78 is 5.02. The van der Waals surface area contributed by atoms with Gasteiger partial charge in [0.25, 0.3) is 5.91 Å². The quantitative estimate of drug-likeness (QED) is 0.688. The maximum atomic E-state index is 13.0. The first-order chi connectivity index (χ1) is 12.4. The summed E-state index contributed by atoms with van der Waals surface area (Å²) in [4.78, 5) is 41.2. The summed E-state index contributed by atoms with van der Waals surface area (Å²) in [7, 11) is 1.48. The summed E-state index contributed by atoms with van der Waals surface area (Å²) in [5.74, 6) is -2.19. The van der Waals surface area contributed by atoms with Crippen LogP contribution in [0, 0.1) is 0 Å². The predicted molar refractivity (Wildman–Crippen MR) is 93.0 cm³/mol. The van der Waals surface area contributed by atoms with Crippen molar-refractivity contribution in [2.75, 3.05) is 32.1 Å². The van der Waals surface area contributed by atoms with Crippen LogP contribution in [0.3, 0.4) is 0 Å². The minimum absolute atomic E-state index is 0.0478. The Morgan fingerprint density at radius 2 is 2.15 bits per heavy atom. The fourth-order valence-corrected chi connectivity index (χ4v) is 2.87. The topological polar surface area (TPSA) is 112 Å². The summed E-state index contributed by atoms with van der Waals surface area (Å²) >= 11 is 0. The second-order valence-electron chi connectivity index (χ2n) is 5.63. The maximum absolute atomic E-state index is 13.0. The number of rotatable bonds is 8. The van der Waals surface area contributed by atoms with Crippen LogP contribution < -0.4 is 5.32 Å². The second-order valence-corrected chi connectivity index (χ2v) is 5.63. The normalized spacial score (nSPS) is 18.2. The first-order valence-electron chi connectivity index (χ1n) is 8.14. The molecule has 26 heavy (non-hydrogen) atoms. The molecule has 1 aliphatic rings. The molecule has 0 saturated heterocycles. The molecular formula is C17H22N4O5. The van der Waals surface area contributed by atoms with Crippen molar-refractivity contribution in [2.45, 2.75) is 19.9 Å². The smallest absolute Gasteiger partial charge is 0.327 e. The highest BCUT2D eigenvalue weighted by molar-refractivity contribution is 6.11. The van der Waals surface area contributed by atoms with Gasteiger partial charge in [-0.1, -0.05) is 0 Å². The number of hydrogen-bond acceptors (Lipinski definition) is 7. The van der Waals surface area contributed by atoms with Crippen molar-refractivity contribution in [3.05, 3.63) is 35.8 Å². The van der Waals surface area contributed by atoms with E-state index in [1.54, 1.807) is 25.3 Å². The fraction of sp³-hybridized carbons (Fsp3) is 0.412. The lowest BCUT2D eigenvalue weighted by Crippen LogP contribution is -2.61. The Kier molecular flexibility index (Phi) is 6.42. The van der Waals surface area contributed by atoms with Gasteiger partial charge in [-0.25, -0.2) is 0 Å². The van der Waals surface area contributed by atoms with Gasteiger partial charge < -0.3 is 15.2 Å². The standard InChI is InChI=1S/C17H22N4O5/c1-4-20-16(23)14(19-12-6-5-7-18-10-12)13(11(2)22)15(17(24)25)21(20)8-9-26-3/h5-7,10,15,19H,4,8-9H2,1-3H3,(H,24,25). The zero-order valence-corrected chi connectivity index (χ0v) is 14.9. The van der Waals surface area contributed by atoms with E-state index in [-0.39, 0.29) is 31.0 Å². The van der Waals surface area contributed by atoms with E-state index in [1.165, 1.54) is 30.2 Å². The molecule has 2 rings (SSSR count). The lowest BCUT2D eigenvalue weighted by atomic mass is 9.97. The third-order valence-corrected chi connectivity index (χ3v) is 3.97. The molecule has 9 heteroatoms. The summed E-state index contributed by atoms with van der Waals surface area (Å²) in [6.07, 6.45) is 3.06. The van der Waals surface area contributed by atoms with Crippen molar-refractivity contribution in [1.82, 2.24) is 15.0 Å². The Morgan fingerprint density at radius 1 is 1.42 bits per heavy atom. The van der Waals surface area contributed by atoms with Crippen LogP contribution in [0.1, 0.15) is 13.8 Å². The third-order valence-electron chi connectivity index (χ3n) is 3.97. The van der Waals surface area contributed by atoms with Crippen molar-refractivity contribution in [2.24, 2.45) is 0 Å². The van der Waals surface area contributed by atoms with Crippen LogP contribution in [0.2, 0.25) is 0 Å². The molecule has 9 nitrogen and oxygen atoms in total. The molecule has 0 bridgehead atoms. The number of hydrogen-bond donors (Lipinski definition) is 2. The zero-order valence-electron chi connectivity index (χ0n) is 14.9. The van der Waals surface area contributed by atoms with Crippen molar-refractivity contribution >= 4 is 23.3 Å². The van der Waals surface area contributed by atoms with Crippen LogP contribution in [-0.4, -0.2) is 70.6 Å². The number of methoxy groups -OCH3 is 1. The molecule has 1 atom stereocenters. The van der Waals surface area contributed by atoms with Crippen LogP contribution in [0.5, 0.6) is 0 Å². The number of pyridine rings is 1. The number of Topliss-reactive ketones (excluding diaryl/α,β-unsaturated/α-hetero) is 1. The Balaban J connectivity index is 2.58. The number of hydrazine groups is 1. The summed E-state index contributed by atoms with van der Waals surface area (Å²) in [6.45, 7) is 3.60. The molecule has 2 N–H and O–H groups in total. The van der Waals surface area contributed by atoms with Crippen LogP contribution in [-0.2, 0) is 19.1 Å². The van der Waals surface area contributed by atoms with E-state index in [0.29, 0.717) is 5.69 Å². The van der Waals surface area contributed by atoms with Crippen LogP contribution in [0.4, 0.5) is 5.69 Å². The number of nitrogens with one attached hydrogen (secondary N) is 1. The minimum Gasteiger partial charge on any atom is -0.480 e. The van der Waals surface area contributed by atoms with Gasteiger partial charge in [-0.05, 0) is 26.0 Å². The molecule has 0 fully saturated rings. The van der Waals surface area contributed by atoms with Gasteiger partial charge in [0.15, 0.2) is 11.8 Å². The molecule has 0 radical (unpaired) electrons. The Morgan fingerprint density at radius 3 is 2.65 bits per heavy atom. The van der Waals surface area contributed by atoms with Crippen LogP contribution >= 0.6 is 0 Å². The Hall–Kier alpha value is -2.78. The van der Waals surface area contributed by atoms with E-state index in [1.807, 2.05) is 0 Å². The van der Waals surface area contributed by atoms with E-state index in [2.05, 4.69) is 10.3 Å². The van der Waals surface area contributed by atoms with Crippen LogP contribution in [0.25, 0.3) is 0 Å². The molecular weight excluding hydrogens is 340 g/mol. The Labute approximate surface area is 151 Å². The summed E-state index contributed by atoms with van der Waals surface area (Å²) in [5, 5.41) is 15.3. The number of likely N-dealkylation sites (N-methyl/N-ethyl adjacent to an activating group) is 1. The molecule has 1 aromatic rings. The van der Waals surface area contributed by atoms with Crippen molar-refractivity contribution < 1.29 is 24.2 Å². The molecule has 2 heterocycles. The molecule has 1 aromatic heterocycles. The van der Waals surface area contributed by atoms with Gasteiger partial charge in [0.1, 0.15) is 5.70 Å².